The van der Waals surface area contributed by atoms with Gasteiger partial charge in [-0.2, -0.15) is 4.98 Å². The van der Waals surface area contributed by atoms with E-state index in [4.69, 9.17) is 9.26 Å². The van der Waals surface area contributed by atoms with Gasteiger partial charge in [-0.25, -0.2) is 0 Å². The van der Waals surface area contributed by atoms with Crippen molar-refractivity contribution in [1.82, 2.24) is 15.5 Å². The van der Waals surface area contributed by atoms with Gasteiger partial charge in [0, 0.05) is 13.2 Å². The first kappa shape index (κ1) is 13.5. The first-order chi connectivity index (χ1) is 8.72. The molecule has 2 heterocycles. The highest BCUT2D eigenvalue weighted by atomic mass is 16.5. The molecule has 1 saturated heterocycles. The maximum absolute atomic E-state index is 5.69. The first-order valence-electron chi connectivity index (χ1n) is 6.88. The van der Waals surface area contributed by atoms with Crippen molar-refractivity contribution in [2.24, 2.45) is 5.92 Å². The van der Waals surface area contributed by atoms with E-state index < -0.39 is 0 Å². The van der Waals surface area contributed by atoms with Crippen LogP contribution < -0.4 is 5.32 Å². The molecule has 0 aromatic carbocycles. The smallest absolute Gasteiger partial charge is 0.231 e. The molecule has 1 aliphatic heterocycles. The van der Waals surface area contributed by atoms with Gasteiger partial charge in [-0.3, -0.25) is 0 Å². The third-order valence-electron chi connectivity index (χ3n) is 3.31. The molecule has 0 aliphatic carbocycles. The number of hydrogen-bond acceptors (Lipinski definition) is 5. The van der Waals surface area contributed by atoms with Crippen molar-refractivity contribution in [2.75, 3.05) is 19.7 Å². The lowest BCUT2D eigenvalue weighted by molar-refractivity contribution is 0.0217. The van der Waals surface area contributed by atoms with Gasteiger partial charge in [0.1, 0.15) is 6.10 Å². The summed E-state index contributed by atoms with van der Waals surface area (Å²) in [7, 11) is 0. The van der Waals surface area contributed by atoms with Gasteiger partial charge in [0.15, 0.2) is 0 Å². The Labute approximate surface area is 108 Å². The molecule has 1 aromatic heterocycles. The van der Waals surface area contributed by atoms with Gasteiger partial charge in [0.05, 0.1) is 5.92 Å². The minimum absolute atomic E-state index is 0.0657. The Morgan fingerprint density at radius 1 is 1.50 bits per heavy atom. The zero-order valence-electron chi connectivity index (χ0n) is 11.5. The van der Waals surface area contributed by atoms with Gasteiger partial charge >= 0.3 is 0 Å². The van der Waals surface area contributed by atoms with Crippen LogP contribution in [0.2, 0.25) is 0 Å². The number of nitrogens with one attached hydrogen (secondary N) is 1. The number of aromatic nitrogens is 2. The average Bonchev–Trinajstić information content (AvgIpc) is 2.86. The average molecular weight is 253 g/mol. The summed E-state index contributed by atoms with van der Waals surface area (Å²) < 4.78 is 11.1. The molecule has 0 bridgehead atoms. The van der Waals surface area contributed by atoms with Gasteiger partial charge in [-0.15, -0.1) is 0 Å². The minimum Gasteiger partial charge on any atom is -0.370 e. The molecule has 0 radical (unpaired) electrons. The number of piperidine rings is 1. The fraction of sp³-hybridized carbons (Fsp3) is 0.846. The fourth-order valence-corrected chi connectivity index (χ4v) is 2.34. The van der Waals surface area contributed by atoms with E-state index in [-0.39, 0.29) is 6.10 Å². The zero-order valence-corrected chi connectivity index (χ0v) is 11.5. The van der Waals surface area contributed by atoms with Gasteiger partial charge < -0.3 is 14.6 Å². The van der Waals surface area contributed by atoms with Crippen LogP contribution in [0, 0.1) is 5.92 Å². The molecule has 0 saturated carbocycles. The van der Waals surface area contributed by atoms with E-state index in [1.54, 1.807) is 0 Å². The number of ether oxygens (including phenoxy) is 1. The van der Waals surface area contributed by atoms with E-state index in [0.717, 1.165) is 25.4 Å². The summed E-state index contributed by atoms with van der Waals surface area (Å²) in [5, 5.41) is 7.45. The lowest BCUT2D eigenvalue weighted by atomic mass is 10.00. The second-order valence-corrected chi connectivity index (χ2v) is 5.15. The van der Waals surface area contributed by atoms with Crippen LogP contribution in [0.25, 0.3) is 0 Å². The molecule has 1 unspecified atom stereocenters. The molecular weight excluding hydrogens is 230 g/mol. The Kier molecular flexibility index (Phi) is 4.72. The van der Waals surface area contributed by atoms with Gasteiger partial charge in [0.2, 0.25) is 11.7 Å². The molecule has 5 heteroatoms. The van der Waals surface area contributed by atoms with E-state index in [1.807, 2.05) is 6.92 Å². The molecule has 2 rings (SSSR count). The normalized spacial score (nSPS) is 22.3. The van der Waals surface area contributed by atoms with Crippen molar-refractivity contribution >= 4 is 0 Å². The lowest BCUT2D eigenvalue weighted by Gasteiger charge is -2.19. The molecular formula is C13H23N3O2. The molecule has 2 atom stereocenters. The Hall–Kier alpha value is -0.940. The number of nitrogens with zero attached hydrogens (tertiary/aromatic N) is 2. The maximum atomic E-state index is 5.69. The third kappa shape index (κ3) is 3.09. The molecule has 0 amide bonds. The predicted molar refractivity (Wildman–Crippen MR) is 68.3 cm³/mol. The maximum Gasteiger partial charge on any atom is 0.231 e. The molecule has 0 spiro atoms. The second kappa shape index (κ2) is 6.29. The molecule has 5 nitrogen and oxygen atoms in total. The van der Waals surface area contributed by atoms with Crippen molar-refractivity contribution in [2.45, 2.75) is 45.6 Å². The lowest BCUT2D eigenvalue weighted by Crippen LogP contribution is -2.28. The van der Waals surface area contributed by atoms with Crippen molar-refractivity contribution in [1.29, 1.82) is 0 Å². The second-order valence-electron chi connectivity index (χ2n) is 5.15. The summed E-state index contributed by atoms with van der Waals surface area (Å²) >= 11 is 0. The van der Waals surface area contributed by atoms with Crippen LogP contribution in [0.3, 0.4) is 0 Å². The Bertz CT molecular complexity index is 359. The van der Waals surface area contributed by atoms with Crippen LogP contribution in [0.5, 0.6) is 0 Å². The SMILES string of the molecule is CCOC(c1noc([C@H]2CCCNC2)n1)C(C)C. The molecule has 1 aliphatic rings. The molecule has 102 valence electrons. The van der Waals surface area contributed by atoms with Crippen molar-refractivity contribution < 1.29 is 9.26 Å². The predicted octanol–water partition coefficient (Wildman–Crippen LogP) is 2.27. The standard InChI is InChI=1S/C13H23N3O2/c1-4-17-11(9(2)3)12-15-13(18-16-12)10-6-5-7-14-8-10/h9-11,14H,4-8H2,1-3H3/t10-,11?/m0/s1. The van der Waals surface area contributed by atoms with E-state index in [1.165, 1.54) is 6.42 Å². The van der Waals surface area contributed by atoms with Crippen LogP contribution in [0.1, 0.15) is 57.3 Å². The fourth-order valence-electron chi connectivity index (χ4n) is 2.34. The number of rotatable bonds is 5. The largest absolute Gasteiger partial charge is 0.370 e. The summed E-state index contributed by atoms with van der Waals surface area (Å²) in [4.78, 5) is 4.53. The van der Waals surface area contributed by atoms with Crippen LogP contribution in [-0.2, 0) is 4.74 Å². The monoisotopic (exact) mass is 253 g/mol. The topological polar surface area (TPSA) is 60.2 Å². The van der Waals surface area contributed by atoms with E-state index in [9.17, 15) is 0 Å². The molecule has 1 aromatic rings. The Balaban J connectivity index is 2.07. The quantitative estimate of drug-likeness (QED) is 0.872. The molecule has 18 heavy (non-hydrogen) atoms. The highest BCUT2D eigenvalue weighted by molar-refractivity contribution is 4.99. The number of hydrogen-bond donors (Lipinski definition) is 1. The summed E-state index contributed by atoms with van der Waals surface area (Å²) in [6, 6.07) is 0. The highest BCUT2D eigenvalue weighted by Gasteiger charge is 2.26. The van der Waals surface area contributed by atoms with Crippen LogP contribution in [0.15, 0.2) is 4.52 Å². The van der Waals surface area contributed by atoms with Crippen LogP contribution >= 0.6 is 0 Å². The van der Waals surface area contributed by atoms with Gasteiger partial charge in [-0.1, -0.05) is 19.0 Å². The summed E-state index contributed by atoms with van der Waals surface area (Å²) in [5.41, 5.74) is 0. The van der Waals surface area contributed by atoms with Gasteiger partial charge in [-0.05, 0) is 32.2 Å². The summed E-state index contributed by atoms with van der Waals surface area (Å²) in [6.45, 7) is 8.89. The minimum atomic E-state index is -0.0657. The summed E-state index contributed by atoms with van der Waals surface area (Å²) in [6.07, 6.45) is 2.22. The van der Waals surface area contributed by atoms with E-state index in [2.05, 4.69) is 29.3 Å². The van der Waals surface area contributed by atoms with Crippen molar-refractivity contribution in [3.8, 4) is 0 Å². The summed E-state index contributed by atoms with van der Waals surface area (Å²) in [5.74, 6) is 2.14. The highest BCUT2D eigenvalue weighted by Crippen LogP contribution is 2.27. The Morgan fingerprint density at radius 2 is 2.33 bits per heavy atom. The first-order valence-corrected chi connectivity index (χ1v) is 6.88. The van der Waals surface area contributed by atoms with Crippen LogP contribution in [-0.4, -0.2) is 29.8 Å². The van der Waals surface area contributed by atoms with E-state index >= 15 is 0 Å². The van der Waals surface area contributed by atoms with Crippen LogP contribution in [0.4, 0.5) is 0 Å². The molecule has 1 fully saturated rings. The van der Waals surface area contributed by atoms with Crippen molar-refractivity contribution in [3.63, 3.8) is 0 Å². The zero-order chi connectivity index (χ0) is 13.0. The van der Waals surface area contributed by atoms with E-state index in [0.29, 0.717) is 24.3 Å². The molecule has 1 N–H and O–H groups in total. The van der Waals surface area contributed by atoms with Gasteiger partial charge in [0.25, 0.3) is 0 Å². The Morgan fingerprint density at radius 3 is 2.94 bits per heavy atom. The van der Waals surface area contributed by atoms with Crippen molar-refractivity contribution in [3.05, 3.63) is 11.7 Å². The third-order valence-corrected chi connectivity index (χ3v) is 3.31.